The predicted molar refractivity (Wildman–Crippen MR) is 97.0 cm³/mol. The number of aryl methyl sites for hydroxylation is 1. The van der Waals surface area contributed by atoms with E-state index in [2.05, 4.69) is 4.72 Å². The van der Waals surface area contributed by atoms with Gasteiger partial charge < -0.3 is 9.15 Å². The quantitative estimate of drug-likeness (QED) is 0.641. The summed E-state index contributed by atoms with van der Waals surface area (Å²) in [5.74, 6) is -0.193. The second kappa shape index (κ2) is 6.70. The van der Waals surface area contributed by atoms with Crippen LogP contribution in [0.2, 0.25) is 5.02 Å². The number of carbonyl (C=O) groups is 1. The van der Waals surface area contributed by atoms with E-state index in [1.807, 2.05) is 0 Å². The van der Waals surface area contributed by atoms with E-state index < -0.39 is 16.0 Å². The molecule has 0 saturated carbocycles. The van der Waals surface area contributed by atoms with Crippen molar-refractivity contribution in [3.63, 3.8) is 0 Å². The molecule has 0 aliphatic heterocycles. The summed E-state index contributed by atoms with van der Waals surface area (Å²) in [5.41, 5.74) is 0.773. The Bertz CT molecular complexity index is 1040. The number of halogens is 1. The van der Waals surface area contributed by atoms with Crippen molar-refractivity contribution in [3.05, 3.63) is 46.0 Å². The molecule has 25 heavy (non-hydrogen) atoms. The number of esters is 1. The lowest BCUT2D eigenvalue weighted by atomic mass is 10.1. The highest BCUT2D eigenvalue weighted by Gasteiger charge is 2.23. The van der Waals surface area contributed by atoms with Crippen molar-refractivity contribution in [1.82, 2.24) is 0 Å². The molecule has 132 valence electrons. The Balaban J connectivity index is 2.09. The third-order valence-corrected chi connectivity index (χ3v) is 6.47. The van der Waals surface area contributed by atoms with Crippen LogP contribution in [0.5, 0.6) is 0 Å². The van der Waals surface area contributed by atoms with Crippen molar-refractivity contribution in [2.45, 2.75) is 18.1 Å². The second-order valence-corrected chi connectivity index (χ2v) is 8.39. The number of carbonyl (C=O) groups excluding carboxylic acids is 1. The van der Waals surface area contributed by atoms with Crippen LogP contribution in [0.1, 0.15) is 23.0 Å². The van der Waals surface area contributed by atoms with Crippen molar-refractivity contribution < 1.29 is 22.4 Å². The number of benzene rings is 1. The molecule has 2 heterocycles. The van der Waals surface area contributed by atoms with Crippen molar-refractivity contribution in [3.8, 4) is 0 Å². The van der Waals surface area contributed by atoms with E-state index in [9.17, 15) is 13.2 Å². The lowest BCUT2D eigenvalue weighted by molar-refractivity contribution is 0.0526. The van der Waals surface area contributed by atoms with Crippen LogP contribution in [0.3, 0.4) is 0 Å². The molecule has 0 amide bonds. The minimum absolute atomic E-state index is 0.178. The summed E-state index contributed by atoms with van der Waals surface area (Å²) in [5, 5.41) is 2.26. The number of ether oxygens (including phenoxy) is 1. The van der Waals surface area contributed by atoms with Gasteiger partial charge in [-0.3, -0.25) is 4.72 Å². The van der Waals surface area contributed by atoms with Crippen molar-refractivity contribution in [2.75, 3.05) is 11.3 Å². The third-order valence-electron chi connectivity index (χ3n) is 3.41. The van der Waals surface area contributed by atoms with Crippen LogP contribution in [0.4, 0.5) is 5.69 Å². The fourth-order valence-electron chi connectivity index (χ4n) is 2.41. The van der Waals surface area contributed by atoms with Gasteiger partial charge in [0.1, 0.15) is 15.5 Å². The van der Waals surface area contributed by atoms with Gasteiger partial charge in [0.2, 0.25) is 0 Å². The van der Waals surface area contributed by atoms with E-state index in [1.54, 1.807) is 25.3 Å². The zero-order chi connectivity index (χ0) is 18.2. The fraction of sp³-hybridized carbons (Fsp3) is 0.188. The molecule has 0 aliphatic carbocycles. The summed E-state index contributed by atoms with van der Waals surface area (Å²) >= 11 is 7.30. The summed E-state index contributed by atoms with van der Waals surface area (Å²) in [6.45, 7) is 3.53. The molecular weight excluding hydrogens is 386 g/mol. The Hall–Kier alpha value is -2.03. The molecule has 6 nitrogen and oxygen atoms in total. The highest BCUT2D eigenvalue weighted by Crippen LogP contribution is 2.35. The number of hydrogen-bond acceptors (Lipinski definition) is 6. The fourth-order valence-corrected chi connectivity index (χ4v) is 4.71. The molecule has 2 aromatic heterocycles. The minimum atomic E-state index is -3.73. The first-order valence-electron chi connectivity index (χ1n) is 7.29. The highest BCUT2D eigenvalue weighted by atomic mass is 35.5. The number of fused-ring (bicyclic) bond motifs is 1. The van der Waals surface area contributed by atoms with Gasteiger partial charge in [-0.05, 0) is 37.4 Å². The normalized spacial score (nSPS) is 11.6. The zero-order valence-corrected chi connectivity index (χ0v) is 15.7. The Kier molecular flexibility index (Phi) is 4.77. The number of rotatable bonds is 5. The van der Waals surface area contributed by atoms with Crippen LogP contribution < -0.4 is 4.72 Å². The molecule has 1 aromatic carbocycles. The standard InChI is InChI=1S/C16H14ClNO5S2/c1-3-22-16(19)14-9(2)23-15-11(14)7-10(8-12(15)17)18-25(20,21)13-5-4-6-24-13/h4-8,18H,3H2,1-2H3. The predicted octanol–water partition coefficient (Wildman–Crippen LogP) is 4.43. The van der Waals surface area contributed by atoms with Gasteiger partial charge >= 0.3 is 5.97 Å². The van der Waals surface area contributed by atoms with Gasteiger partial charge in [-0.2, -0.15) is 0 Å². The average molecular weight is 400 g/mol. The lowest BCUT2D eigenvalue weighted by Gasteiger charge is -2.07. The van der Waals surface area contributed by atoms with Gasteiger partial charge in [0, 0.05) is 5.39 Å². The SMILES string of the molecule is CCOC(=O)c1c(C)oc2c(Cl)cc(NS(=O)(=O)c3cccs3)cc12. The van der Waals surface area contributed by atoms with Crippen molar-refractivity contribution in [2.24, 2.45) is 0 Å². The molecule has 0 spiro atoms. The summed E-state index contributed by atoms with van der Waals surface area (Å²) in [6, 6.07) is 6.09. The van der Waals surface area contributed by atoms with Gasteiger partial charge in [-0.15, -0.1) is 11.3 Å². The average Bonchev–Trinajstić information content (AvgIpc) is 3.15. The maximum absolute atomic E-state index is 12.4. The number of sulfonamides is 1. The van der Waals surface area contributed by atoms with Gasteiger partial charge in [0.05, 0.1) is 17.3 Å². The van der Waals surface area contributed by atoms with Crippen LogP contribution in [-0.4, -0.2) is 21.0 Å². The van der Waals surface area contributed by atoms with Gasteiger partial charge in [-0.25, -0.2) is 13.2 Å². The maximum Gasteiger partial charge on any atom is 0.342 e. The molecule has 0 saturated heterocycles. The van der Waals surface area contributed by atoms with Crippen LogP contribution >= 0.6 is 22.9 Å². The molecule has 1 N–H and O–H groups in total. The molecule has 0 bridgehead atoms. The topological polar surface area (TPSA) is 85.6 Å². The summed E-state index contributed by atoms with van der Waals surface area (Å²) in [4.78, 5) is 12.2. The monoisotopic (exact) mass is 399 g/mol. The lowest BCUT2D eigenvalue weighted by Crippen LogP contribution is -2.11. The molecule has 0 aliphatic rings. The van der Waals surface area contributed by atoms with Crippen LogP contribution in [0.25, 0.3) is 11.0 Å². The van der Waals surface area contributed by atoms with Crippen molar-refractivity contribution >= 4 is 55.6 Å². The number of nitrogens with one attached hydrogen (secondary N) is 1. The molecule has 0 radical (unpaired) electrons. The molecule has 9 heteroatoms. The summed E-state index contributed by atoms with van der Waals surface area (Å²) in [7, 11) is -3.73. The molecule has 0 unspecified atom stereocenters. The third kappa shape index (κ3) is 3.37. The molecule has 3 rings (SSSR count). The number of hydrogen-bond donors (Lipinski definition) is 1. The van der Waals surface area contributed by atoms with Gasteiger partial charge in [0.25, 0.3) is 10.0 Å². The second-order valence-electron chi connectivity index (χ2n) is 5.13. The van der Waals surface area contributed by atoms with Crippen molar-refractivity contribution in [1.29, 1.82) is 0 Å². The van der Waals surface area contributed by atoms with E-state index in [0.717, 1.165) is 11.3 Å². The molecule has 0 fully saturated rings. The summed E-state index contributed by atoms with van der Waals surface area (Å²) in [6.07, 6.45) is 0. The molecular formula is C16H14ClNO5S2. The van der Waals surface area contributed by atoms with Crippen LogP contribution in [-0.2, 0) is 14.8 Å². The number of thiophene rings is 1. The van der Waals surface area contributed by atoms with E-state index in [-0.39, 0.29) is 27.1 Å². The Morgan fingerprint density at radius 2 is 2.16 bits per heavy atom. The van der Waals surface area contributed by atoms with E-state index in [4.69, 9.17) is 20.8 Å². The highest BCUT2D eigenvalue weighted by molar-refractivity contribution is 7.94. The first-order valence-corrected chi connectivity index (χ1v) is 10.0. The van der Waals surface area contributed by atoms with E-state index in [1.165, 1.54) is 18.2 Å². The Morgan fingerprint density at radius 3 is 2.80 bits per heavy atom. The van der Waals surface area contributed by atoms with E-state index >= 15 is 0 Å². The number of anilines is 1. The summed E-state index contributed by atoms with van der Waals surface area (Å²) < 4.78 is 38.0. The molecule has 3 aromatic rings. The smallest absolute Gasteiger partial charge is 0.342 e. The first-order chi connectivity index (χ1) is 11.8. The molecule has 0 atom stereocenters. The van der Waals surface area contributed by atoms with Gasteiger partial charge in [0.15, 0.2) is 5.58 Å². The Morgan fingerprint density at radius 1 is 1.40 bits per heavy atom. The first kappa shape index (κ1) is 17.8. The van der Waals surface area contributed by atoms with Gasteiger partial charge in [-0.1, -0.05) is 17.7 Å². The largest absolute Gasteiger partial charge is 0.462 e. The maximum atomic E-state index is 12.4. The number of furan rings is 1. The van der Waals surface area contributed by atoms with Crippen LogP contribution in [0.15, 0.2) is 38.3 Å². The Labute approximate surface area is 153 Å². The van der Waals surface area contributed by atoms with E-state index in [0.29, 0.717) is 16.7 Å². The van der Waals surface area contributed by atoms with Crippen LogP contribution in [0, 0.1) is 6.92 Å². The minimum Gasteiger partial charge on any atom is -0.462 e. The zero-order valence-electron chi connectivity index (χ0n) is 13.3.